The van der Waals surface area contributed by atoms with Crippen LogP contribution < -0.4 is 4.90 Å². The maximum Gasteiger partial charge on any atom is 0.218 e. The number of Topliss-reactive ketones (excluding diaryl/α,β-unsaturated/α-hetero) is 1. The average molecular weight is 301 g/mol. The zero-order valence-electron chi connectivity index (χ0n) is 12.2. The van der Waals surface area contributed by atoms with Crippen LogP contribution in [-0.4, -0.2) is 18.5 Å². The Morgan fingerprint density at radius 2 is 1.86 bits per heavy atom. The van der Waals surface area contributed by atoms with Gasteiger partial charge in [-0.05, 0) is 55.7 Å². The minimum absolute atomic E-state index is 0.101. The SMILES string of the molecule is C/C(C=O)=C\C1=C(N(C=O)c2ccc(F)cc2)CCCC1=O. The third-order valence-electron chi connectivity index (χ3n) is 3.49. The fraction of sp³-hybridized carbons (Fsp3) is 0.235. The Labute approximate surface area is 127 Å². The van der Waals surface area contributed by atoms with Crippen molar-refractivity contribution in [2.45, 2.75) is 26.2 Å². The molecule has 1 aromatic carbocycles. The van der Waals surface area contributed by atoms with E-state index in [4.69, 9.17) is 0 Å². The van der Waals surface area contributed by atoms with E-state index in [1.165, 1.54) is 35.2 Å². The summed E-state index contributed by atoms with van der Waals surface area (Å²) in [5.74, 6) is -0.503. The van der Waals surface area contributed by atoms with Crippen molar-refractivity contribution >= 4 is 24.2 Å². The second kappa shape index (κ2) is 6.93. The Morgan fingerprint density at radius 1 is 1.18 bits per heavy atom. The summed E-state index contributed by atoms with van der Waals surface area (Å²) < 4.78 is 13.0. The van der Waals surface area contributed by atoms with Crippen LogP contribution in [0.3, 0.4) is 0 Å². The number of anilines is 1. The molecule has 0 saturated carbocycles. The number of aldehydes is 1. The van der Waals surface area contributed by atoms with Gasteiger partial charge in [-0.15, -0.1) is 0 Å². The first-order chi connectivity index (χ1) is 10.6. The molecule has 2 rings (SSSR count). The lowest BCUT2D eigenvalue weighted by molar-refractivity contribution is -0.115. The number of carbonyl (C=O) groups is 3. The van der Waals surface area contributed by atoms with Crippen LogP contribution in [0.1, 0.15) is 26.2 Å². The number of nitrogens with zero attached hydrogens (tertiary/aromatic N) is 1. The predicted molar refractivity (Wildman–Crippen MR) is 80.6 cm³/mol. The molecule has 0 aromatic heterocycles. The number of allylic oxidation sites excluding steroid dienone is 4. The summed E-state index contributed by atoms with van der Waals surface area (Å²) in [6, 6.07) is 5.46. The quantitative estimate of drug-likeness (QED) is 0.620. The van der Waals surface area contributed by atoms with Crippen LogP contribution >= 0.6 is 0 Å². The van der Waals surface area contributed by atoms with Crippen LogP contribution in [0.4, 0.5) is 10.1 Å². The van der Waals surface area contributed by atoms with Gasteiger partial charge < -0.3 is 0 Å². The van der Waals surface area contributed by atoms with Gasteiger partial charge in [0.25, 0.3) is 0 Å². The average Bonchev–Trinajstić information content (AvgIpc) is 2.52. The summed E-state index contributed by atoms with van der Waals surface area (Å²) in [5.41, 5.74) is 1.80. The number of benzene rings is 1. The molecule has 1 aliphatic carbocycles. The Kier molecular flexibility index (Phi) is 4.99. The van der Waals surface area contributed by atoms with Gasteiger partial charge in [-0.1, -0.05) is 0 Å². The molecule has 22 heavy (non-hydrogen) atoms. The van der Waals surface area contributed by atoms with Gasteiger partial charge in [0.2, 0.25) is 6.41 Å². The van der Waals surface area contributed by atoms with Gasteiger partial charge in [0.1, 0.15) is 12.1 Å². The molecule has 0 aliphatic heterocycles. The Hall–Kier alpha value is -2.56. The largest absolute Gasteiger partial charge is 0.298 e. The van der Waals surface area contributed by atoms with Gasteiger partial charge in [-0.3, -0.25) is 19.3 Å². The monoisotopic (exact) mass is 301 g/mol. The Balaban J connectivity index is 2.53. The molecule has 1 amide bonds. The van der Waals surface area contributed by atoms with Gasteiger partial charge in [0.15, 0.2) is 5.78 Å². The summed E-state index contributed by atoms with van der Waals surface area (Å²) in [6.45, 7) is 1.60. The topological polar surface area (TPSA) is 54.5 Å². The number of amides is 1. The summed E-state index contributed by atoms with van der Waals surface area (Å²) in [4.78, 5) is 35.8. The molecule has 5 heteroatoms. The van der Waals surface area contributed by atoms with Crippen molar-refractivity contribution in [3.05, 3.63) is 53.0 Å². The fourth-order valence-electron chi connectivity index (χ4n) is 2.40. The molecule has 0 bridgehead atoms. The van der Waals surface area contributed by atoms with E-state index in [1.54, 1.807) is 6.92 Å². The third kappa shape index (κ3) is 3.36. The highest BCUT2D eigenvalue weighted by molar-refractivity contribution is 6.02. The molecular weight excluding hydrogens is 285 g/mol. The number of hydrogen-bond donors (Lipinski definition) is 0. The first-order valence-electron chi connectivity index (χ1n) is 6.96. The fourth-order valence-corrected chi connectivity index (χ4v) is 2.40. The normalized spacial score (nSPS) is 15.7. The number of ketones is 1. The maximum absolute atomic E-state index is 13.0. The predicted octanol–water partition coefficient (Wildman–Crippen LogP) is 2.94. The van der Waals surface area contributed by atoms with E-state index in [9.17, 15) is 18.8 Å². The van der Waals surface area contributed by atoms with E-state index in [2.05, 4.69) is 0 Å². The molecular formula is C17H16FNO3. The van der Waals surface area contributed by atoms with Gasteiger partial charge in [-0.2, -0.15) is 0 Å². The summed E-state index contributed by atoms with van der Waals surface area (Å²) >= 11 is 0. The van der Waals surface area contributed by atoms with E-state index in [0.717, 1.165) is 0 Å². The van der Waals surface area contributed by atoms with Gasteiger partial charge in [0.05, 0.1) is 0 Å². The smallest absolute Gasteiger partial charge is 0.218 e. The molecule has 0 unspecified atom stereocenters. The second-order valence-corrected chi connectivity index (χ2v) is 5.10. The second-order valence-electron chi connectivity index (χ2n) is 5.10. The minimum atomic E-state index is -0.403. The van der Waals surface area contributed by atoms with Crippen LogP contribution in [0.25, 0.3) is 0 Å². The minimum Gasteiger partial charge on any atom is -0.298 e. The number of hydrogen-bond acceptors (Lipinski definition) is 3. The van der Waals surface area contributed by atoms with Crippen molar-refractivity contribution in [2.75, 3.05) is 4.90 Å². The molecule has 0 saturated heterocycles. The third-order valence-corrected chi connectivity index (χ3v) is 3.49. The molecule has 0 fully saturated rings. The molecule has 114 valence electrons. The Morgan fingerprint density at radius 3 is 2.45 bits per heavy atom. The van der Waals surface area contributed by atoms with Gasteiger partial charge in [0, 0.05) is 23.4 Å². The van der Waals surface area contributed by atoms with Crippen LogP contribution in [0.2, 0.25) is 0 Å². The first kappa shape index (κ1) is 15.8. The van der Waals surface area contributed by atoms with Crippen molar-refractivity contribution in [2.24, 2.45) is 0 Å². The van der Waals surface area contributed by atoms with Gasteiger partial charge in [-0.25, -0.2) is 4.39 Å². The molecule has 0 atom stereocenters. The number of carbonyl (C=O) groups excluding carboxylic acids is 3. The van der Waals surface area contributed by atoms with Crippen molar-refractivity contribution in [1.29, 1.82) is 0 Å². The Bertz CT molecular complexity index is 659. The summed E-state index contributed by atoms with van der Waals surface area (Å²) in [5, 5.41) is 0. The summed E-state index contributed by atoms with van der Waals surface area (Å²) in [7, 11) is 0. The lowest BCUT2D eigenvalue weighted by atomic mass is 9.92. The zero-order chi connectivity index (χ0) is 16.1. The van der Waals surface area contributed by atoms with E-state index in [-0.39, 0.29) is 5.78 Å². The van der Waals surface area contributed by atoms with Crippen LogP contribution in [-0.2, 0) is 14.4 Å². The lowest BCUT2D eigenvalue weighted by Crippen LogP contribution is -2.26. The zero-order valence-corrected chi connectivity index (χ0v) is 12.2. The van der Waals surface area contributed by atoms with E-state index >= 15 is 0 Å². The van der Waals surface area contributed by atoms with E-state index in [1.807, 2.05) is 0 Å². The first-order valence-corrected chi connectivity index (χ1v) is 6.96. The summed E-state index contributed by atoms with van der Waals surface area (Å²) in [6.07, 6.45) is 4.33. The lowest BCUT2D eigenvalue weighted by Gasteiger charge is -2.26. The molecule has 0 radical (unpaired) electrons. The van der Waals surface area contributed by atoms with Gasteiger partial charge >= 0.3 is 0 Å². The van der Waals surface area contributed by atoms with E-state index in [0.29, 0.717) is 54.5 Å². The molecule has 1 aliphatic rings. The highest BCUT2D eigenvalue weighted by atomic mass is 19.1. The number of halogens is 1. The highest BCUT2D eigenvalue weighted by Gasteiger charge is 2.24. The van der Waals surface area contributed by atoms with Crippen molar-refractivity contribution in [3.8, 4) is 0 Å². The van der Waals surface area contributed by atoms with E-state index < -0.39 is 5.82 Å². The highest BCUT2D eigenvalue weighted by Crippen LogP contribution is 2.29. The standard InChI is InChI=1S/C17H16FNO3/c1-12(10-20)9-15-16(3-2-4-17(15)22)19(11-21)14-7-5-13(18)6-8-14/h5-11H,2-4H2,1H3/b12-9+. The van der Waals surface area contributed by atoms with Crippen LogP contribution in [0.5, 0.6) is 0 Å². The molecule has 4 nitrogen and oxygen atoms in total. The van der Waals surface area contributed by atoms with Crippen molar-refractivity contribution < 1.29 is 18.8 Å². The number of rotatable bonds is 5. The maximum atomic E-state index is 13.0. The van der Waals surface area contributed by atoms with Crippen molar-refractivity contribution in [1.82, 2.24) is 0 Å². The molecule has 0 spiro atoms. The van der Waals surface area contributed by atoms with Crippen LogP contribution in [0.15, 0.2) is 47.2 Å². The molecule has 0 heterocycles. The van der Waals surface area contributed by atoms with Crippen molar-refractivity contribution in [3.63, 3.8) is 0 Å². The molecule has 0 N–H and O–H groups in total. The molecule has 1 aromatic rings. The van der Waals surface area contributed by atoms with Crippen LogP contribution in [0, 0.1) is 5.82 Å².